The first-order chi connectivity index (χ1) is 9.19. The number of hydrogen-bond donors (Lipinski definition) is 1. The van der Waals surface area contributed by atoms with E-state index in [-0.39, 0.29) is 0 Å². The maximum atomic E-state index is 13.0. The van der Waals surface area contributed by atoms with E-state index in [2.05, 4.69) is 5.32 Å². The normalized spacial score (nSPS) is 10.5. The number of hydrogen-bond acceptors (Lipinski definition) is 2. The van der Waals surface area contributed by atoms with Crippen LogP contribution in [0.2, 0.25) is 0 Å². The van der Waals surface area contributed by atoms with Gasteiger partial charge in [0.05, 0.1) is 7.11 Å². The molecule has 2 rings (SSSR count). The number of benzene rings is 2. The molecule has 0 aliphatic heterocycles. The summed E-state index contributed by atoms with van der Waals surface area (Å²) in [6.07, 6.45) is 0. The van der Waals surface area contributed by atoms with Crippen LogP contribution < -0.4 is 10.1 Å². The van der Waals surface area contributed by atoms with Gasteiger partial charge in [0.1, 0.15) is 5.75 Å². The fourth-order valence-corrected chi connectivity index (χ4v) is 1.78. The third-order valence-corrected chi connectivity index (χ3v) is 2.78. The van der Waals surface area contributed by atoms with Gasteiger partial charge in [-0.1, -0.05) is 18.2 Å². The molecule has 4 heteroatoms. The lowest BCUT2D eigenvalue weighted by Gasteiger charge is -2.07. The molecule has 0 amide bonds. The Bertz CT molecular complexity index is 558. The Morgan fingerprint density at radius 3 is 2.37 bits per heavy atom. The molecule has 1 N–H and O–H groups in total. The van der Waals surface area contributed by atoms with Crippen LogP contribution in [0.25, 0.3) is 0 Å². The predicted octanol–water partition coefficient (Wildman–Crippen LogP) is 3.26. The number of nitrogens with one attached hydrogen (secondary N) is 1. The SMILES string of the molecule is COc1cccc(CNCc2ccc(F)c(F)c2)c1. The average Bonchev–Trinajstić information content (AvgIpc) is 2.43. The lowest BCUT2D eigenvalue weighted by atomic mass is 10.2. The number of rotatable bonds is 5. The molecular formula is C15H15F2NO. The van der Waals surface area contributed by atoms with E-state index >= 15 is 0 Å². The Morgan fingerprint density at radius 1 is 0.947 bits per heavy atom. The molecule has 2 aromatic carbocycles. The van der Waals surface area contributed by atoms with Crippen molar-refractivity contribution in [2.24, 2.45) is 0 Å². The standard InChI is InChI=1S/C15H15F2NO/c1-19-13-4-2-3-11(7-13)9-18-10-12-5-6-14(16)15(17)8-12/h2-8,18H,9-10H2,1H3. The maximum absolute atomic E-state index is 13.0. The van der Waals surface area contributed by atoms with E-state index < -0.39 is 11.6 Å². The van der Waals surface area contributed by atoms with Crippen LogP contribution in [0, 0.1) is 11.6 Å². The van der Waals surface area contributed by atoms with Gasteiger partial charge in [-0.25, -0.2) is 8.78 Å². The zero-order chi connectivity index (χ0) is 13.7. The molecule has 0 aromatic heterocycles. The highest BCUT2D eigenvalue weighted by Crippen LogP contribution is 2.13. The fraction of sp³-hybridized carbons (Fsp3) is 0.200. The van der Waals surface area contributed by atoms with E-state index in [1.165, 1.54) is 6.07 Å². The summed E-state index contributed by atoms with van der Waals surface area (Å²) in [6, 6.07) is 11.6. The molecule has 0 saturated heterocycles. The Hall–Kier alpha value is -1.94. The van der Waals surface area contributed by atoms with E-state index in [0.717, 1.165) is 17.4 Å². The van der Waals surface area contributed by atoms with Crippen LogP contribution in [-0.2, 0) is 13.1 Å². The van der Waals surface area contributed by atoms with Gasteiger partial charge < -0.3 is 10.1 Å². The molecule has 0 unspecified atom stereocenters. The average molecular weight is 263 g/mol. The first-order valence-electron chi connectivity index (χ1n) is 5.96. The van der Waals surface area contributed by atoms with Crippen molar-refractivity contribution in [3.8, 4) is 5.75 Å². The van der Waals surface area contributed by atoms with Gasteiger partial charge in [-0.3, -0.25) is 0 Å². The predicted molar refractivity (Wildman–Crippen MR) is 69.9 cm³/mol. The van der Waals surface area contributed by atoms with Gasteiger partial charge in [0.2, 0.25) is 0 Å². The summed E-state index contributed by atoms with van der Waals surface area (Å²) in [5.74, 6) is -0.843. The Kier molecular flexibility index (Phi) is 4.47. The van der Waals surface area contributed by atoms with E-state index in [4.69, 9.17) is 4.74 Å². The molecule has 0 heterocycles. The van der Waals surface area contributed by atoms with Gasteiger partial charge in [-0.2, -0.15) is 0 Å². The van der Waals surface area contributed by atoms with Gasteiger partial charge in [-0.05, 0) is 35.4 Å². The van der Waals surface area contributed by atoms with Crippen molar-refractivity contribution in [1.29, 1.82) is 0 Å². The molecule has 0 fully saturated rings. The quantitative estimate of drug-likeness (QED) is 0.894. The molecule has 0 spiro atoms. The number of halogens is 2. The van der Waals surface area contributed by atoms with E-state index in [0.29, 0.717) is 18.7 Å². The molecule has 100 valence electrons. The summed E-state index contributed by atoms with van der Waals surface area (Å²) in [4.78, 5) is 0. The zero-order valence-electron chi connectivity index (χ0n) is 10.6. The third kappa shape index (κ3) is 3.76. The monoisotopic (exact) mass is 263 g/mol. The first kappa shape index (κ1) is 13.5. The summed E-state index contributed by atoms with van der Waals surface area (Å²) in [5, 5.41) is 3.17. The van der Waals surface area contributed by atoms with Gasteiger partial charge in [-0.15, -0.1) is 0 Å². The smallest absolute Gasteiger partial charge is 0.159 e. The van der Waals surface area contributed by atoms with Gasteiger partial charge >= 0.3 is 0 Å². The van der Waals surface area contributed by atoms with E-state index in [9.17, 15) is 8.78 Å². The van der Waals surface area contributed by atoms with Crippen molar-refractivity contribution in [3.05, 3.63) is 65.2 Å². The minimum absolute atomic E-state index is 0.481. The Morgan fingerprint density at radius 2 is 1.68 bits per heavy atom. The molecule has 2 nitrogen and oxygen atoms in total. The topological polar surface area (TPSA) is 21.3 Å². The van der Waals surface area contributed by atoms with Crippen LogP contribution in [0.3, 0.4) is 0 Å². The van der Waals surface area contributed by atoms with Crippen LogP contribution in [0.1, 0.15) is 11.1 Å². The van der Waals surface area contributed by atoms with Crippen LogP contribution in [0.5, 0.6) is 5.75 Å². The second-order valence-electron chi connectivity index (χ2n) is 4.20. The van der Waals surface area contributed by atoms with Crippen molar-refractivity contribution in [2.45, 2.75) is 13.1 Å². The largest absolute Gasteiger partial charge is 0.497 e. The molecule has 19 heavy (non-hydrogen) atoms. The molecule has 0 aliphatic rings. The second-order valence-corrected chi connectivity index (χ2v) is 4.20. The lowest BCUT2D eigenvalue weighted by Crippen LogP contribution is -2.13. The van der Waals surface area contributed by atoms with E-state index in [1.54, 1.807) is 13.2 Å². The second kappa shape index (κ2) is 6.29. The Balaban J connectivity index is 1.90. The Labute approximate surface area is 111 Å². The lowest BCUT2D eigenvalue weighted by molar-refractivity contribution is 0.414. The van der Waals surface area contributed by atoms with Gasteiger partial charge in [0, 0.05) is 13.1 Å². The molecule has 2 aromatic rings. The summed E-state index contributed by atoms with van der Waals surface area (Å²) in [7, 11) is 1.62. The summed E-state index contributed by atoms with van der Waals surface area (Å²) in [5.41, 5.74) is 1.78. The number of ether oxygens (including phenoxy) is 1. The maximum Gasteiger partial charge on any atom is 0.159 e. The van der Waals surface area contributed by atoms with Gasteiger partial charge in [0.25, 0.3) is 0 Å². The summed E-state index contributed by atoms with van der Waals surface area (Å²) < 4.78 is 30.9. The minimum atomic E-state index is -0.823. The van der Waals surface area contributed by atoms with Crippen molar-refractivity contribution in [1.82, 2.24) is 5.32 Å². The van der Waals surface area contributed by atoms with Crippen molar-refractivity contribution in [3.63, 3.8) is 0 Å². The van der Waals surface area contributed by atoms with Crippen LogP contribution >= 0.6 is 0 Å². The van der Waals surface area contributed by atoms with Crippen LogP contribution in [0.15, 0.2) is 42.5 Å². The molecule has 0 atom stereocenters. The van der Waals surface area contributed by atoms with Crippen LogP contribution in [0.4, 0.5) is 8.78 Å². The fourth-order valence-electron chi connectivity index (χ4n) is 1.78. The molecule has 0 bridgehead atoms. The van der Waals surface area contributed by atoms with Crippen molar-refractivity contribution >= 4 is 0 Å². The molecule has 0 saturated carbocycles. The van der Waals surface area contributed by atoms with E-state index in [1.807, 2.05) is 24.3 Å². The third-order valence-electron chi connectivity index (χ3n) is 2.78. The van der Waals surface area contributed by atoms with Crippen LogP contribution in [-0.4, -0.2) is 7.11 Å². The summed E-state index contributed by atoms with van der Waals surface area (Å²) in [6.45, 7) is 1.12. The van der Waals surface area contributed by atoms with Crippen molar-refractivity contribution in [2.75, 3.05) is 7.11 Å². The molecule has 0 aliphatic carbocycles. The van der Waals surface area contributed by atoms with Gasteiger partial charge in [0.15, 0.2) is 11.6 Å². The highest BCUT2D eigenvalue weighted by molar-refractivity contribution is 5.28. The summed E-state index contributed by atoms with van der Waals surface area (Å²) >= 11 is 0. The number of methoxy groups -OCH3 is 1. The zero-order valence-corrected chi connectivity index (χ0v) is 10.6. The highest BCUT2D eigenvalue weighted by atomic mass is 19.2. The molecular weight excluding hydrogens is 248 g/mol. The highest BCUT2D eigenvalue weighted by Gasteiger charge is 2.02. The van der Waals surface area contributed by atoms with Crippen molar-refractivity contribution < 1.29 is 13.5 Å². The molecule has 0 radical (unpaired) electrons. The minimum Gasteiger partial charge on any atom is -0.497 e. The first-order valence-corrected chi connectivity index (χ1v) is 5.96.